The van der Waals surface area contributed by atoms with E-state index in [0.29, 0.717) is 36.9 Å². The van der Waals surface area contributed by atoms with Gasteiger partial charge in [-0.15, -0.1) is 0 Å². The maximum absolute atomic E-state index is 13.1. The van der Waals surface area contributed by atoms with Gasteiger partial charge in [0.25, 0.3) is 10.9 Å². The first-order chi connectivity index (χ1) is 16.1. The third-order valence-corrected chi connectivity index (χ3v) is 7.50. The molecule has 0 unspecified atom stereocenters. The lowest BCUT2D eigenvalue weighted by Crippen LogP contribution is -2.51. The molecule has 9 heteroatoms. The van der Waals surface area contributed by atoms with E-state index in [1.165, 1.54) is 0 Å². The Bertz CT molecular complexity index is 1030. The maximum Gasteiger partial charge on any atom is 0.253 e. The number of aromatic nitrogens is 2. The Kier molecular flexibility index (Phi) is 6.28. The van der Waals surface area contributed by atoms with E-state index in [9.17, 15) is 14.4 Å². The predicted molar refractivity (Wildman–Crippen MR) is 128 cm³/mol. The molecule has 0 bridgehead atoms. The largest absolute Gasteiger partial charge is 0.380 e. The van der Waals surface area contributed by atoms with Crippen molar-refractivity contribution in [1.29, 1.82) is 0 Å². The maximum atomic E-state index is 13.1. The van der Waals surface area contributed by atoms with Crippen LogP contribution in [0.25, 0.3) is 0 Å². The summed E-state index contributed by atoms with van der Waals surface area (Å²) in [5.41, 5.74) is 0.398. The Balaban J connectivity index is 1.07. The lowest BCUT2D eigenvalue weighted by atomic mass is 9.81. The fourth-order valence-corrected chi connectivity index (χ4v) is 5.49. The van der Waals surface area contributed by atoms with E-state index >= 15 is 0 Å². The van der Waals surface area contributed by atoms with Crippen molar-refractivity contribution in [1.82, 2.24) is 14.9 Å². The summed E-state index contributed by atoms with van der Waals surface area (Å²) in [4.78, 5) is 52.0. The highest BCUT2D eigenvalue weighted by Crippen LogP contribution is 2.31. The summed E-state index contributed by atoms with van der Waals surface area (Å²) >= 11 is 0. The van der Waals surface area contributed by atoms with E-state index in [1.54, 1.807) is 12.4 Å². The molecule has 2 aromatic rings. The molecule has 9 nitrogen and oxygen atoms in total. The summed E-state index contributed by atoms with van der Waals surface area (Å²) in [5, 5.41) is 3.28. The normalized spacial score (nSPS) is 23.8. The first-order valence-corrected chi connectivity index (χ1v) is 12.2. The van der Waals surface area contributed by atoms with Crippen LogP contribution in [0.4, 0.5) is 17.3 Å². The lowest BCUT2D eigenvalue weighted by Gasteiger charge is -2.38. The third-order valence-electron chi connectivity index (χ3n) is 7.50. The highest BCUT2D eigenvalue weighted by Gasteiger charge is 2.32. The number of carbonyl (C=O) groups is 1. The topological polar surface area (TPSA) is 98.7 Å². The number of anilines is 3. The minimum atomic E-state index is -0.374. The Morgan fingerprint density at radius 1 is 0.879 bits per heavy atom. The standard InChI is InChI=1S/C24H32N6O3/c31-21-19(20(22(21)32)28-10-1-2-11-28)27-16-17-4-6-18(7-5-17)23(33)29-12-14-30(15-13-29)24-25-8-3-9-26-24/h3,8-9,17-18,27H,1-2,4-7,10-16H2. The van der Waals surface area contributed by atoms with Gasteiger partial charge in [0.15, 0.2) is 0 Å². The number of carbonyl (C=O) groups excluding carboxylic acids is 1. The lowest BCUT2D eigenvalue weighted by molar-refractivity contribution is -0.137. The molecule has 1 amide bonds. The Hall–Kier alpha value is -2.97. The second-order valence-electron chi connectivity index (χ2n) is 9.54. The van der Waals surface area contributed by atoms with Crippen LogP contribution in [0.5, 0.6) is 0 Å². The van der Waals surface area contributed by atoms with Crippen molar-refractivity contribution < 1.29 is 4.79 Å². The quantitative estimate of drug-likeness (QED) is 0.654. The zero-order chi connectivity index (χ0) is 22.8. The van der Waals surface area contributed by atoms with E-state index in [4.69, 9.17) is 0 Å². The molecule has 0 spiro atoms. The Morgan fingerprint density at radius 2 is 1.55 bits per heavy atom. The van der Waals surface area contributed by atoms with Gasteiger partial charge in [0.05, 0.1) is 0 Å². The minimum Gasteiger partial charge on any atom is -0.380 e. The van der Waals surface area contributed by atoms with Crippen molar-refractivity contribution in [3.05, 3.63) is 38.9 Å². The monoisotopic (exact) mass is 452 g/mol. The number of nitrogens with one attached hydrogen (secondary N) is 1. The smallest absolute Gasteiger partial charge is 0.253 e. The molecule has 1 aromatic heterocycles. The van der Waals surface area contributed by atoms with Crippen molar-refractivity contribution in [3.63, 3.8) is 0 Å². The van der Waals surface area contributed by atoms with E-state index < -0.39 is 0 Å². The van der Waals surface area contributed by atoms with Crippen molar-refractivity contribution in [2.24, 2.45) is 11.8 Å². The summed E-state index contributed by atoms with van der Waals surface area (Å²) < 4.78 is 0. The molecule has 0 atom stereocenters. The van der Waals surface area contributed by atoms with Crippen LogP contribution in [0.15, 0.2) is 28.0 Å². The van der Waals surface area contributed by atoms with Gasteiger partial charge in [-0.2, -0.15) is 0 Å². The fourth-order valence-electron chi connectivity index (χ4n) is 5.49. The number of piperazine rings is 1. The van der Waals surface area contributed by atoms with E-state index in [-0.39, 0.29) is 22.7 Å². The number of nitrogens with zero attached hydrogens (tertiary/aromatic N) is 5. The Labute approximate surface area is 193 Å². The third kappa shape index (κ3) is 4.45. The number of rotatable bonds is 6. The molecule has 0 radical (unpaired) electrons. The molecule has 176 valence electrons. The van der Waals surface area contributed by atoms with Gasteiger partial charge in [0.1, 0.15) is 11.4 Å². The van der Waals surface area contributed by atoms with Gasteiger partial charge < -0.3 is 20.0 Å². The number of amides is 1. The van der Waals surface area contributed by atoms with Gasteiger partial charge >= 0.3 is 0 Å². The SMILES string of the molecule is O=C(C1CCC(CNc2c(N3CCCC3)c(=O)c2=O)CC1)N1CCN(c2ncccn2)CC1. The summed E-state index contributed by atoms with van der Waals surface area (Å²) in [6, 6.07) is 1.81. The first-order valence-electron chi connectivity index (χ1n) is 12.2. The second kappa shape index (κ2) is 9.49. The van der Waals surface area contributed by atoms with Gasteiger partial charge in [-0.05, 0) is 50.5 Å². The minimum absolute atomic E-state index is 0.0899. The molecule has 3 heterocycles. The van der Waals surface area contributed by atoms with Crippen LogP contribution < -0.4 is 26.0 Å². The predicted octanol–water partition coefficient (Wildman–Crippen LogP) is 1.24. The molecule has 2 aliphatic heterocycles. The van der Waals surface area contributed by atoms with Crippen LogP contribution in [0, 0.1) is 11.8 Å². The zero-order valence-electron chi connectivity index (χ0n) is 19.0. The molecule has 5 rings (SSSR count). The molecule has 2 saturated heterocycles. The van der Waals surface area contributed by atoms with Gasteiger partial charge in [-0.1, -0.05) is 0 Å². The van der Waals surface area contributed by atoms with Crippen LogP contribution in [-0.2, 0) is 4.79 Å². The summed E-state index contributed by atoms with van der Waals surface area (Å²) in [6.07, 6.45) is 9.35. The van der Waals surface area contributed by atoms with Gasteiger partial charge in [-0.3, -0.25) is 14.4 Å². The van der Waals surface area contributed by atoms with Gasteiger partial charge in [0, 0.05) is 64.1 Å². The van der Waals surface area contributed by atoms with Crippen LogP contribution in [-0.4, -0.2) is 66.6 Å². The van der Waals surface area contributed by atoms with Gasteiger partial charge in [0.2, 0.25) is 11.9 Å². The highest BCUT2D eigenvalue weighted by atomic mass is 16.2. The Morgan fingerprint density at radius 3 is 2.21 bits per heavy atom. The number of hydrogen-bond donors (Lipinski definition) is 1. The summed E-state index contributed by atoms with van der Waals surface area (Å²) in [5.74, 6) is 1.52. The van der Waals surface area contributed by atoms with Crippen LogP contribution in [0.1, 0.15) is 38.5 Å². The second-order valence-corrected chi connectivity index (χ2v) is 9.54. The van der Waals surface area contributed by atoms with Crippen LogP contribution in [0.3, 0.4) is 0 Å². The average molecular weight is 453 g/mol. The highest BCUT2D eigenvalue weighted by molar-refractivity contribution is 5.79. The van der Waals surface area contributed by atoms with E-state index in [2.05, 4.69) is 20.2 Å². The fraction of sp³-hybridized carbons (Fsp3) is 0.625. The molecular formula is C24H32N6O3. The molecule has 1 aliphatic carbocycles. The first kappa shape index (κ1) is 21.9. The zero-order valence-corrected chi connectivity index (χ0v) is 19.0. The average Bonchev–Trinajstić information content (AvgIpc) is 3.40. The summed E-state index contributed by atoms with van der Waals surface area (Å²) in [7, 11) is 0. The van der Waals surface area contributed by atoms with Crippen molar-refractivity contribution in [2.45, 2.75) is 38.5 Å². The van der Waals surface area contributed by atoms with Crippen molar-refractivity contribution in [3.8, 4) is 0 Å². The van der Waals surface area contributed by atoms with Crippen LogP contribution in [0.2, 0.25) is 0 Å². The van der Waals surface area contributed by atoms with E-state index in [0.717, 1.165) is 70.7 Å². The molecule has 1 aromatic carbocycles. The molecule has 1 N–H and O–H groups in total. The molecule has 1 saturated carbocycles. The molecule has 3 fully saturated rings. The summed E-state index contributed by atoms with van der Waals surface area (Å²) in [6.45, 7) is 5.36. The molecule has 33 heavy (non-hydrogen) atoms. The molecular weight excluding hydrogens is 420 g/mol. The van der Waals surface area contributed by atoms with Crippen LogP contribution >= 0.6 is 0 Å². The van der Waals surface area contributed by atoms with Gasteiger partial charge in [-0.25, -0.2) is 9.97 Å². The number of hydrogen-bond acceptors (Lipinski definition) is 8. The van der Waals surface area contributed by atoms with Crippen molar-refractivity contribution in [2.75, 3.05) is 60.9 Å². The molecule has 3 aliphatic rings. The van der Waals surface area contributed by atoms with E-state index in [1.807, 2.05) is 15.9 Å². The van der Waals surface area contributed by atoms with Crippen molar-refractivity contribution >= 4 is 23.2 Å².